The normalized spacial score (nSPS) is 27.5. The number of hydrogen-bond donors (Lipinski definition) is 0. The fourth-order valence-corrected chi connectivity index (χ4v) is 5.04. The Morgan fingerprint density at radius 2 is 1.70 bits per heavy atom. The van der Waals surface area contributed by atoms with E-state index in [0.717, 1.165) is 18.4 Å². The molecule has 0 aromatic heterocycles. The van der Waals surface area contributed by atoms with Crippen molar-refractivity contribution in [3.05, 3.63) is 59.7 Å². The van der Waals surface area contributed by atoms with Gasteiger partial charge in [0.15, 0.2) is 0 Å². The van der Waals surface area contributed by atoms with Crippen LogP contribution in [0.15, 0.2) is 48.6 Å². The van der Waals surface area contributed by atoms with Gasteiger partial charge in [-0.2, -0.15) is 5.26 Å². The van der Waals surface area contributed by atoms with Crippen molar-refractivity contribution in [3.63, 3.8) is 0 Å². The van der Waals surface area contributed by atoms with Crippen LogP contribution in [-0.2, 0) is 11.2 Å². The molecule has 0 bridgehead atoms. The molecule has 2 aliphatic carbocycles. The summed E-state index contributed by atoms with van der Waals surface area (Å²) in [6.07, 6.45) is 21.9. The highest BCUT2D eigenvalue weighted by Crippen LogP contribution is 2.35. The average Bonchev–Trinajstić information content (AvgIpc) is 2.81. The van der Waals surface area contributed by atoms with E-state index in [9.17, 15) is 0 Å². The van der Waals surface area contributed by atoms with E-state index < -0.39 is 0 Å². The van der Waals surface area contributed by atoms with Gasteiger partial charge in [-0.15, -0.1) is 0 Å². The van der Waals surface area contributed by atoms with Crippen LogP contribution in [0.25, 0.3) is 0 Å². The summed E-state index contributed by atoms with van der Waals surface area (Å²) >= 11 is 0. The molecule has 0 heterocycles. The lowest BCUT2D eigenvalue weighted by molar-refractivity contribution is -0.00337. The fourth-order valence-electron chi connectivity index (χ4n) is 5.04. The van der Waals surface area contributed by atoms with Crippen LogP contribution in [0.2, 0.25) is 0 Å². The van der Waals surface area contributed by atoms with Crippen LogP contribution in [0.5, 0.6) is 0 Å². The number of nitrogens with zero attached hydrogens (tertiary/aromatic N) is 1. The van der Waals surface area contributed by atoms with Crippen molar-refractivity contribution >= 4 is 0 Å². The molecule has 0 unspecified atom stereocenters. The number of unbranched alkanes of at least 4 members (excludes halogenated alkanes) is 1. The van der Waals surface area contributed by atoms with Crippen LogP contribution in [0, 0.1) is 23.2 Å². The first-order chi connectivity index (χ1) is 14.8. The van der Waals surface area contributed by atoms with E-state index in [0.29, 0.717) is 12.0 Å². The first-order valence-corrected chi connectivity index (χ1v) is 12.2. The molecule has 0 N–H and O–H groups in total. The van der Waals surface area contributed by atoms with E-state index in [-0.39, 0.29) is 0 Å². The SMILES string of the molecule is CCCCc1ccc(C2CCC(OCC3CCC(C=CC=CC#N)CC3)CC2)cc1. The van der Waals surface area contributed by atoms with Crippen molar-refractivity contribution in [3.8, 4) is 6.07 Å². The van der Waals surface area contributed by atoms with Gasteiger partial charge >= 0.3 is 0 Å². The lowest BCUT2D eigenvalue weighted by Crippen LogP contribution is -2.25. The Kier molecular flexibility index (Phi) is 9.71. The van der Waals surface area contributed by atoms with Gasteiger partial charge in [-0.3, -0.25) is 0 Å². The first kappa shape index (κ1) is 22.8. The summed E-state index contributed by atoms with van der Waals surface area (Å²) in [5.41, 5.74) is 3.02. The smallest absolute Gasteiger partial charge is 0.0912 e. The molecule has 1 aromatic rings. The third-order valence-electron chi connectivity index (χ3n) is 7.07. The van der Waals surface area contributed by atoms with Gasteiger partial charge in [-0.1, -0.05) is 55.8 Å². The van der Waals surface area contributed by atoms with Gasteiger partial charge < -0.3 is 4.74 Å². The molecule has 0 atom stereocenters. The van der Waals surface area contributed by atoms with Gasteiger partial charge in [0.05, 0.1) is 12.2 Å². The zero-order valence-electron chi connectivity index (χ0n) is 18.8. The molecule has 0 spiro atoms. The maximum atomic E-state index is 8.53. The van der Waals surface area contributed by atoms with E-state index in [1.807, 2.05) is 18.2 Å². The highest BCUT2D eigenvalue weighted by atomic mass is 16.5. The van der Waals surface area contributed by atoms with Gasteiger partial charge in [0.25, 0.3) is 0 Å². The lowest BCUT2D eigenvalue weighted by Gasteiger charge is -2.32. The predicted molar refractivity (Wildman–Crippen MR) is 125 cm³/mol. The summed E-state index contributed by atoms with van der Waals surface area (Å²) < 4.78 is 6.35. The second kappa shape index (κ2) is 12.8. The number of hydrogen-bond acceptors (Lipinski definition) is 2. The van der Waals surface area contributed by atoms with Crippen LogP contribution < -0.4 is 0 Å². The minimum atomic E-state index is 0.471. The van der Waals surface area contributed by atoms with E-state index in [1.165, 1.54) is 87.8 Å². The van der Waals surface area contributed by atoms with Crippen molar-refractivity contribution in [1.82, 2.24) is 0 Å². The number of benzene rings is 1. The third-order valence-corrected chi connectivity index (χ3v) is 7.07. The Balaban J connectivity index is 1.32. The van der Waals surface area contributed by atoms with Crippen LogP contribution in [0.4, 0.5) is 0 Å². The zero-order valence-corrected chi connectivity index (χ0v) is 18.8. The second-order valence-electron chi connectivity index (χ2n) is 9.31. The minimum Gasteiger partial charge on any atom is -0.378 e. The van der Waals surface area contributed by atoms with Gasteiger partial charge in [-0.05, 0) is 93.1 Å². The number of allylic oxidation sites excluding steroid dienone is 4. The minimum absolute atomic E-state index is 0.471. The van der Waals surface area contributed by atoms with E-state index in [4.69, 9.17) is 10.00 Å². The Morgan fingerprint density at radius 3 is 2.37 bits per heavy atom. The van der Waals surface area contributed by atoms with Gasteiger partial charge in [0, 0.05) is 12.7 Å². The Morgan fingerprint density at radius 1 is 0.967 bits per heavy atom. The molecule has 0 aliphatic heterocycles. The molecule has 0 radical (unpaired) electrons. The molecule has 2 aliphatic rings. The van der Waals surface area contributed by atoms with Crippen LogP contribution in [0.1, 0.15) is 88.2 Å². The molecule has 2 saturated carbocycles. The summed E-state index contributed by atoms with van der Waals surface area (Å²) in [6, 6.07) is 11.5. The second-order valence-corrected chi connectivity index (χ2v) is 9.31. The third kappa shape index (κ3) is 7.44. The quantitative estimate of drug-likeness (QED) is 0.314. The first-order valence-electron chi connectivity index (χ1n) is 12.2. The molecule has 0 saturated heterocycles. The van der Waals surface area contributed by atoms with Gasteiger partial charge in [0.2, 0.25) is 0 Å². The molecular formula is C28H39NO. The molecule has 0 amide bonds. The molecule has 2 heteroatoms. The highest BCUT2D eigenvalue weighted by molar-refractivity contribution is 5.26. The lowest BCUT2D eigenvalue weighted by atomic mass is 9.81. The average molecular weight is 406 g/mol. The Labute approximate surface area is 184 Å². The number of rotatable bonds is 9. The van der Waals surface area contributed by atoms with Crippen LogP contribution in [-0.4, -0.2) is 12.7 Å². The molecule has 30 heavy (non-hydrogen) atoms. The van der Waals surface area contributed by atoms with Gasteiger partial charge in [0.1, 0.15) is 0 Å². The van der Waals surface area contributed by atoms with Crippen molar-refractivity contribution in [2.45, 2.75) is 89.6 Å². The monoisotopic (exact) mass is 405 g/mol. The molecule has 2 fully saturated rings. The number of ether oxygens (including phenoxy) is 1. The zero-order chi connectivity index (χ0) is 21.0. The summed E-state index contributed by atoms with van der Waals surface area (Å²) in [5, 5.41) is 8.53. The van der Waals surface area contributed by atoms with E-state index in [1.54, 1.807) is 0 Å². The molecule has 2 nitrogen and oxygen atoms in total. The summed E-state index contributed by atoms with van der Waals surface area (Å²) in [5.74, 6) is 2.13. The maximum absolute atomic E-state index is 8.53. The summed E-state index contributed by atoms with van der Waals surface area (Å²) in [6.45, 7) is 3.21. The fraction of sp³-hybridized carbons (Fsp3) is 0.607. The molecule has 1 aromatic carbocycles. The van der Waals surface area contributed by atoms with Crippen molar-refractivity contribution in [2.24, 2.45) is 11.8 Å². The largest absolute Gasteiger partial charge is 0.378 e. The highest BCUT2D eigenvalue weighted by Gasteiger charge is 2.25. The van der Waals surface area contributed by atoms with Crippen molar-refractivity contribution < 1.29 is 4.74 Å². The van der Waals surface area contributed by atoms with Crippen LogP contribution in [0.3, 0.4) is 0 Å². The van der Waals surface area contributed by atoms with Gasteiger partial charge in [-0.25, -0.2) is 0 Å². The Hall–Kier alpha value is -1.85. The topological polar surface area (TPSA) is 33.0 Å². The van der Waals surface area contributed by atoms with Crippen molar-refractivity contribution in [2.75, 3.05) is 6.61 Å². The standard InChI is InChI=1S/C28H39NO/c1-2-3-7-23-13-15-26(16-14-23)27-17-19-28(20-18-27)30-22-25-11-9-24(10-12-25)8-5-4-6-21-29/h4-6,8,13-16,24-25,27-28H,2-3,7,9-12,17-20,22H2,1H3. The van der Waals surface area contributed by atoms with Crippen LogP contribution >= 0.6 is 0 Å². The number of nitriles is 1. The molecule has 162 valence electrons. The number of aryl methyl sites for hydroxylation is 1. The predicted octanol–water partition coefficient (Wildman–Crippen LogP) is 7.51. The summed E-state index contributed by atoms with van der Waals surface area (Å²) in [4.78, 5) is 0. The Bertz CT molecular complexity index is 695. The summed E-state index contributed by atoms with van der Waals surface area (Å²) in [7, 11) is 0. The van der Waals surface area contributed by atoms with E-state index in [2.05, 4.69) is 37.3 Å². The van der Waals surface area contributed by atoms with Crippen molar-refractivity contribution in [1.29, 1.82) is 5.26 Å². The van der Waals surface area contributed by atoms with E-state index >= 15 is 0 Å². The maximum Gasteiger partial charge on any atom is 0.0912 e. The molecular weight excluding hydrogens is 366 g/mol. The molecule has 3 rings (SSSR count).